The van der Waals surface area contributed by atoms with E-state index in [0.29, 0.717) is 5.82 Å². The van der Waals surface area contributed by atoms with Gasteiger partial charge < -0.3 is 25.3 Å². The minimum absolute atomic E-state index is 0.0819. The molecule has 0 atom stereocenters. The van der Waals surface area contributed by atoms with Gasteiger partial charge in [0.25, 0.3) is 0 Å². The number of aliphatic hydroxyl groups is 1. The maximum atomic E-state index is 10.4. The van der Waals surface area contributed by atoms with Gasteiger partial charge >= 0.3 is 11.8 Å². The minimum atomic E-state index is -0.583. The smallest absolute Gasteiger partial charge is 0.392 e. The zero-order valence-electron chi connectivity index (χ0n) is 10.5. The van der Waals surface area contributed by atoms with E-state index in [9.17, 15) is 20.2 Å². The zero-order chi connectivity index (χ0) is 15.1. The predicted octanol–water partition coefficient (Wildman–Crippen LogP) is 0.410. The van der Waals surface area contributed by atoms with Gasteiger partial charge in [-0.15, -0.1) is 0 Å². The van der Waals surface area contributed by atoms with Crippen molar-refractivity contribution in [1.82, 2.24) is 19.5 Å². The SMILES string of the molecule is Cc1ncc([N+](=O)[O-])n1CCO.O=[N+]([O-])c1ncc[nH]1. The fourth-order valence-electron chi connectivity index (χ4n) is 1.34. The number of aryl methyl sites for hydroxylation is 1. The lowest BCUT2D eigenvalue weighted by molar-refractivity contribution is -0.393. The molecule has 20 heavy (non-hydrogen) atoms. The van der Waals surface area contributed by atoms with Gasteiger partial charge in [-0.05, 0) is 9.85 Å². The molecule has 0 spiro atoms. The van der Waals surface area contributed by atoms with Crippen molar-refractivity contribution in [3.63, 3.8) is 0 Å². The Labute approximate surface area is 112 Å². The van der Waals surface area contributed by atoms with E-state index in [1.54, 1.807) is 6.92 Å². The second-order valence-corrected chi connectivity index (χ2v) is 3.47. The Morgan fingerprint density at radius 1 is 1.35 bits per heavy atom. The lowest BCUT2D eigenvalue weighted by atomic mass is 10.6. The molecule has 11 heteroatoms. The third-order valence-corrected chi connectivity index (χ3v) is 2.20. The van der Waals surface area contributed by atoms with Crippen LogP contribution in [0.4, 0.5) is 11.8 Å². The van der Waals surface area contributed by atoms with Gasteiger partial charge in [0.15, 0.2) is 5.82 Å². The average molecular weight is 284 g/mol. The Balaban J connectivity index is 0.000000217. The van der Waals surface area contributed by atoms with E-state index >= 15 is 0 Å². The Hall–Kier alpha value is -2.82. The monoisotopic (exact) mass is 284 g/mol. The maximum absolute atomic E-state index is 10.4. The van der Waals surface area contributed by atoms with Crippen LogP contribution in [0.1, 0.15) is 5.82 Å². The Morgan fingerprint density at radius 2 is 2.05 bits per heavy atom. The molecule has 0 aliphatic carbocycles. The van der Waals surface area contributed by atoms with Crippen LogP contribution in [-0.4, -0.2) is 41.1 Å². The molecular weight excluding hydrogens is 272 g/mol. The van der Waals surface area contributed by atoms with Crippen LogP contribution in [0.15, 0.2) is 18.6 Å². The van der Waals surface area contributed by atoms with Crippen molar-refractivity contribution in [2.45, 2.75) is 13.5 Å². The first-order chi connectivity index (χ1) is 9.47. The van der Waals surface area contributed by atoms with Crippen molar-refractivity contribution in [1.29, 1.82) is 0 Å². The predicted molar refractivity (Wildman–Crippen MR) is 65.9 cm³/mol. The molecule has 0 aromatic carbocycles. The Kier molecular flexibility index (Phi) is 5.29. The number of nitrogens with zero attached hydrogens (tertiary/aromatic N) is 5. The van der Waals surface area contributed by atoms with Crippen molar-refractivity contribution in [3.8, 4) is 0 Å². The summed E-state index contributed by atoms with van der Waals surface area (Å²) < 4.78 is 1.36. The van der Waals surface area contributed by atoms with Crippen molar-refractivity contribution in [2.24, 2.45) is 0 Å². The molecule has 2 rings (SSSR count). The highest BCUT2D eigenvalue weighted by Gasteiger charge is 2.15. The molecule has 2 aromatic rings. The van der Waals surface area contributed by atoms with E-state index in [-0.39, 0.29) is 24.9 Å². The van der Waals surface area contributed by atoms with Crippen LogP contribution in [-0.2, 0) is 6.54 Å². The number of imidazole rings is 2. The quantitative estimate of drug-likeness (QED) is 0.608. The van der Waals surface area contributed by atoms with Crippen LogP contribution in [0.2, 0.25) is 0 Å². The van der Waals surface area contributed by atoms with Gasteiger partial charge in [0.1, 0.15) is 18.9 Å². The van der Waals surface area contributed by atoms with Crippen LogP contribution in [0.5, 0.6) is 0 Å². The van der Waals surface area contributed by atoms with Crippen LogP contribution >= 0.6 is 0 Å². The van der Waals surface area contributed by atoms with Gasteiger partial charge in [-0.3, -0.25) is 0 Å². The summed E-state index contributed by atoms with van der Waals surface area (Å²) in [6.45, 7) is 1.74. The third kappa shape index (κ3) is 3.84. The van der Waals surface area contributed by atoms with E-state index in [1.165, 1.54) is 23.2 Å². The molecule has 0 aliphatic rings. The second kappa shape index (κ2) is 6.94. The van der Waals surface area contributed by atoms with Crippen LogP contribution < -0.4 is 0 Å². The molecule has 0 unspecified atom stereocenters. The average Bonchev–Trinajstić information content (AvgIpc) is 3.01. The molecule has 11 nitrogen and oxygen atoms in total. The highest BCUT2D eigenvalue weighted by atomic mass is 16.6. The van der Waals surface area contributed by atoms with E-state index in [1.807, 2.05) is 0 Å². The molecule has 0 amide bonds. The fraction of sp³-hybridized carbons (Fsp3) is 0.333. The van der Waals surface area contributed by atoms with E-state index in [4.69, 9.17) is 5.11 Å². The number of aliphatic hydroxyl groups excluding tert-OH is 1. The fourth-order valence-corrected chi connectivity index (χ4v) is 1.34. The highest BCUT2D eigenvalue weighted by Crippen LogP contribution is 2.12. The first-order valence-electron chi connectivity index (χ1n) is 5.38. The molecule has 0 bridgehead atoms. The topological polar surface area (TPSA) is 153 Å². The van der Waals surface area contributed by atoms with Gasteiger partial charge in [0.05, 0.1) is 12.8 Å². The van der Waals surface area contributed by atoms with Crippen molar-refractivity contribution >= 4 is 11.8 Å². The zero-order valence-corrected chi connectivity index (χ0v) is 10.5. The number of nitrogens with one attached hydrogen (secondary N) is 1. The third-order valence-electron chi connectivity index (χ3n) is 2.20. The summed E-state index contributed by atoms with van der Waals surface area (Å²) in [4.78, 5) is 28.5. The van der Waals surface area contributed by atoms with Crippen molar-refractivity contribution in [2.75, 3.05) is 6.61 Å². The van der Waals surface area contributed by atoms with Crippen LogP contribution in [0.3, 0.4) is 0 Å². The van der Waals surface area contributed by atoms with Crippen molar-refractivity contribution in [3.05, 3.63) is 44.6 Å². The molecule has 2 heterocycles. The molecule has 2 aromatic heterocycles. The molecule has 0 radical (unpaired) electrons. The molecule has 0 fully saturated rings. The summed E-state index contributed by atoms with van der Waals surface area (Å²) in [5.41, 5.74) is 0. The maximum Gasteiger partial charge on any atom is 0.432 e. The second-order valence-electron chi connectivity index (χ2n) is 3.47. The van der Waals surface area contributed by atoms with Gasteiger partial charge in [-0.1, -0.05) is 4.98 Å². The lowest BCUT2D eigenvalue weighted by Crippen LogP contribution is -2.07. The summed E-state index contributed by atoms with van der Waals surface area (Å²) >= 11 is 0. The summed E-state index contributed by atoms with van der Waals surface area (Å²) in [7, 11) is 0. The van der Waals surface area contributed by atoms with Gasteiger partial charge in [-0.2, -0.15) is 0 Å². The van der Waals surface area contributed by atoms with E-state index < -0.39 is 9.85 Å². The minimum Gasteiger partial charge on any atom is -0.392 e. The lowest BCUT2D eigenvalue weighted by Gasteiger charge is -1.98. The molecule has 0 saturated carbocycles. The normalized spacial score (nSPS) is 9.70. The number of hydrogen-bond acceptors (Lipinski definition) is 7. The van der Waals surface area contributed by atoms with Crippen molar-refractivity contribution < 1.29 is 15.0 Å². The molecule has 0 aliphatic heterocycles. The summed E-state index contributed by atoms with van der Waals surface area (Å²) in [5, 5.41) is 28.7. The Bertz CT molecular complexity index is 578. The molecule has 108 valence electrons. The number of aromatic nitrogens is 4. The van der Waals surface area contributed by atoms with E-state index in [2.05, 4.69) is 15.0 Å². The largest absolute Gasteiger partial charge is 0.432 e. The molecule has 2 N–H and O–H groups in total. The van der Waals surface area contributed by atoms with Crippen LogP contribution in [0.25, 0.3) is 0 Å². The summed E-state index contributed by atoms with van der Waals surface area (Å²) in [5.74, 6) is 0.238. The van der Waals surface area contributed by atoms with E-state index in [0.717, 1.165) is 0 Å². The summed E-state index contributed by atoms with van der Waals surface area (Å²) in [6.07, 6.45) is 3.92. The van der Waals surface area contributed by atoms with Crippen LogP contribution in [0, 0.1) is 27.2 Å². The van der Waals surface area contributed by atoms with Gasteiger partial charge in [0.2, 0.25) is 0 Å². The number of aromatic amines is 1. The number of hydrogen-bond donors (Lipinski definition) is 2. The molecular formula is C9H12N6O5. The summed E-state index contributed by atoms with van der Waals surface area (Å²) in [6, 6.07) is 0. The Morgan fingerprint density at radius 3 is 2.45 bits per heavy atom. The number of H-pyrrole nitrogens is 1. The van der Waals surface area contributed by atoms with Gasteiger partial charge in [-0.25, -0.2) is 14.5 Å². The molecule has 0 saturated heterocycles. The first-order valence-corrected chi connectivity index (χ1v) is 5.38. The number of nitro groups is 2. The number of rotatable bonds is 4. The first kappa shape index (κ1) is 15.2. The highest BCUT2D eigenvalue weighted by molar-refractivity contribution is 5.18. The van der Waals surface area contributed by atoms with Gasteiger partial charge in [0, 0.05) is 6.92 Å². The standard InChI is InChI=1S/C6H9N3O3.C3H3N3O2/c1-5-7-4-6(9(11)12)8(5)2-3-10;7-6(8)3-4-1-2-5-3/h4,10H,2-3H2,1H3;1-2H,(H,4,5).